The number of carbonyl (C=O) groups is 3. The molecule has 6 N–H and O–H groups in total. The number of hydrogen-bond acceptors (Lipinski definition) is 5. The largest absolute Gasteiger partial charge is 0.397 e. The number of H-pyrrole nitrogens is 1. The van der Waals surface area contributed by atoms with E-state index in [4.69, 9.17) is 5.73 Å². The van der Waals surface area contributed by atoms with E-state index in [2.05, 4.69) is 26.1 Å². The number of rotatable bonds is 11. The van der Waals surface area contributed by atoms with E-state index in [1.165, 1.54) is 12.1 Å². The number of unbranched alkanes of at least 4 members (excludes halogenated alkanes) is 2. The second-order valence-corrected chi connectivity index (χ2v) is 7.99. The second kappa shape index (κ2) is 12.3. The molecule has 0 unspecified atom stereocenters. The molecule has 9 nitrogen and oxygen atoms in total. The standard InChI is InChI=1S/C25H29FN6O3/c1-2-23(33)29-18-10-7-16(8-11-18)21-15-22(32-31-21)25(35)28-13-5-3-4-6-24(34)30-20-12-9-17(26)14-19(20)27/h7-12,14-15H,2-6,13,27H2,1H3,(H,28,35)(H,29,33)(H,30,34)(H,31,32). The lowest BCUT2D eigenvalue weighted by Gasteiger charge is -2.08. The van der Waals surface area contributed by atoms with E-state index in [1.807, 2.05) is 12.1 Å². The maximum absolute atomic E-state index is 13.1. The second-order valence-electron chi connectivity index (χ2n) is 7.99. The zero-order valence-electron chi connectivity index (χ0n) is 19.5. The minimum Gasteiger partial charge on any atom is -0.397 e. The Morgan fingerprint density at radius 3 is 2.46 bits per heavy atom. The molecular formula is C25H29FN6O3. The lowest BCUT2D eigenvalue weighted by molar-refractivity contribution is -0.116. The van der Waals surface area contributed by atoms with Crippen molar-refractivity contribution in [3.05, 3.63) is 60.0 Å². The van der Waals surface area contributed by atoms with E-state index in [0.29, 0.717) is 55.0 Å². The van der Waals surface area contributed by atoms with Crippen LogP contribution in [0, 0.1) is 5.82 Å². The quantitative estimate of drug-likeness (QED) is 0.208. The number of nitrogens with one attached hydrogen (secondary N) is 4. The van der Waals surface area contributed by atoms with Gasteiger partial charge in [-0.15, -0.1) is 0 Å². The highest BCUT2D eigenvalue weighted by molar-refractivity contribution is 5.94. The van der Waals surface area contributed by atoms with Crippen LogP contribution >= 0.6 is 0 Å². The van der Waals surface area contributed by atoms with E-state index in [0.717, 1.165) is 18.1 Å². The lowest BCUT2D eigenvalue weighted by Crippen LogP contribution is -2.24. The number of aromatic nitrogens is 2. The van der Waals surface area contributed by atoms with Gasteiger partial charge in [-0.2, -0.15) is 5.10 Å². The van der Waals surface area contributed by atoms with Crippen LogP contribution in [0.3, 0.4) is 0 Å². The molecule has 0 spiro atoms. The molecule has 0 bridgehead atoms. The molecule has 3 rings (SSSR count). The first-order valence-electron chi connectivity index (χ1n) is 11.4. The Labute approximate surface area is 202 Å². The van der Waals surface area contributed by atoms with Gasteiger partial charge in [0, 0.05) is 30.6 Å². The van der Waals surface area contributed by atoms with Crippen molar-refractivity contribution in [2.24, 2.45) is 0 Å². The van der Waals surface area contributed by atoms with Gasteiger partial charge in [-0.1, -0.05) is 25.5 Å². The number of aromatic amines is 1. The molecule has 0 radical (unpaired) electrons. The number of carbonyl (C=O) groups excluding carboxylic acids is 3. The molecule has 0 aliphatic heterocycles. The Kier molecular flexibility index (Phi) is 8.94. The molecule has 10 heteroatoms. The fourth-order valence-electron chi connectivity index (χ4n) is 3.30. The zero-order valence-corrected chi connectivity index (χ0v) is 19.5. The third-order valence-electron chi connectivity index (χ3n) is 5.26. The Hall–Kier alpha value is -4.21. The van der Waals surface area contributed by atoms with Crippen LogP contribution in [-0.4, -0.2) is 34.5 Å². The minimum absolute atomic E-state index is 0.0603. The van der Waals surface area contributed by atoms with Crippen LogP contribution in [0.5, 0.6) is 0 Å². The van der Waals surface area contributed by atoms with E-state index < -0.39 is 5.82 Å². The smallest absolute Gasteiger partial charge is 0.269 e. The Bertz CT molecular complexity index is 1180. The Morgan fingerprint density at radius 2 is 1.74 bits per heavy atom. The molecule has 35 heavy (non-hydrogen) atoms. The van der Waals surface area contributed by atoms with E-state index >= 15 is 0 Å². The number of amides is 3. The van der Waals surface area contributed by atoms with E-state index in [9.17, 15) is 18.8 Å². The molecule has 0 aliphatic carbocycles. The van der Waals surface area contributed by atoms with Gasteiger partial charge >= 0.3 is 0 Å². The van der Waals surface area contributed by atoms with Gasteiger partial charge in [0.25, 0.3) is 5.91 Å². The van der Waals surface area contributed by atoms with Crippen molar-refractivity contribution in [1.82, 2.24) is 15.5 Å². The van der Waals surface area contributed by atoms with Crippen molar-refractivity contribution in [3.63, 3.8) is 0 Å². The van der Waals surface area contributed by atoms with Gasteiger partial charge in [0.05, 0.1) is 17.1 Å². The predicted molar refractivity (Wildman–Crippen MR) is 133 cm³/mol. The fourth-order valence-corrected chi connectivity index (χ4v) is 3.30. The predicted octanol–water partition coefficient (Wildman–Crippen LogP) is 4.08. The maximum atomic E-state index is 13.1. The molecule has 0 saturated carbocycles. The first kappa shape index (κ1) is 25.4. The average molecular weight is 481 g/mol. The minimum atomic E-state index is -0.457. The SMILES string of the molecule is CCC(=O)Nc1ccc(-c2cc(C(=O)NCCCCCC(=O)Nc3ccc(F)cc3N)[nH]n2)cc1. The third kappa shape index (κ3) is 7.66. The summed E-state index contributed by atoms with van der Waals surface area (Å²) < 4.78 is 13.1. The molecule has 0 saturated heterocycles. The molecule has 1 heterocycles. The van der Waals surface area contributed by atoms with Crippen LogP contribution < -0.4 is 21.7 Å². The zero-order chi connectivity index (χ0) is 25.2. The van der Waals surface area contributed by atoms with Crippen molar-refractivity contribution in [1.29, 1.82) is 0 Å². The van der Waals surface area contributed by atoms with Gasteiger partial charge in [-0.25, -0.2) is 4.39 Å². The summed E-state index contributed by atoms with van der Waals surface area (Å²) in [4.78, 5) is 35.9. The number of nitrogens with two attached hydrogens (primary N) is 1. The summed E-state index contributed by atoms with van der Waals surface area (Å²) in [6.45, 7) is 2.25. The molecule has 2 aromatic carbocycles. The van der Waals surface area contributed by atoms with Crippen molar-refractivity contribution in [2.75, 3.05) is 22.9 Å². The summed E-state index contributed by atoms with van der Waals surface area (Å²) >= 11 is 0. The summed E-state index contributed by atoms with van der Waals surface area (Å²) in [5, 5.41) is 15.2. The summed E-state index contributed by atoms with van der Waals surface area (Å²) in [7, 11) is 0. The number of halogens is 1. The van der Waals surface area contributed by atoms with Crippen LogP contribution in [0.25, 0.3) is 11.3 Å². The van der Waals surface area contributed by atoms with Gasteiger partial charge in [0.1, 0.15) is 11.5 Å². The van der Waals surface area contributed by atoms with Crippen molar-refractivity contribution in [2.45, 2.75) is 39.0 Å². The molecule has 1 aromatic heterocycles. The summed E-state index contributed by atoms with van der Waals surface area (Å²) in [5.41, 5.74) is 8.74. The van der Waals surface area contributed by atoms with Gasteiger partial charge < -0.3 is 21.7 Å². The van der Waals surface area contributed by atoms with Gasteiger partial charge in [-0.05, 0) is 49.2 Å². The van der Waals surface area contributed by atoms with Crippen LogP contribution in [-0.2, 0) is 9.59 Å². The highest BCUT2D eigenvalue weighted by Gasteiger charge is 2.11. The normalized spacial score (nSPS) is 10.6. The highest BCUT2D eigenvalue weighted by atomic mass is 19.1. The number of nitrogens with zero attached hydrogens (tertiary/aromatic N) is 1. The van der Waals surface area contributed by atoms with Crippen molar-refractivity contribution < 1.29 is 18.8 Å². The molecular weight excluding hydrogens is 451 g/mol. The molecule has 0 fully saturated rings. The molecule has 184 valence electrons. The van der Waals surface area contributed by atoms with Crippen LogP contribution in [0.15, 0.2) is 48.5 Å². The van der Waals surface area contributed by atoms with Crippen molar-refractivity contribution in [3.8, 4) is 11.3 Å². The number of anilines is 3. The topological polar surface area (TPSA) is 142 Å². The number of benzene rings is 2. The van der Waals surface area contributed by atoms with E-state index in [1.54, 1.807) is 25.1 Å². The summed E-state index contributed by atoms with van der Waals surface area (Å²) in [5.74, 6) is -0.977. The lowest BCUT2D eigenvalue weighted by atomic mass is 10.1. The Balaban J connectivity index is 1.36. The first-order valence-corrected chi connectivity index (χ1v) is 11.4. The molecule has 3 amide bonds. The first-order chi connectivity index (χ1) is 16.9. The maximum Gasteiger partial charge on any atom is 0.269 e. The third-order valence-corrected chi connectivity index (χ3v) is 5.26. The monoisotopic (exact) mass is 480 g/mol. The Morgan fingerprint density at radius 1 is 0.971 bits per heavy atom. The van der Waals surface area contributed by atoms with Gasteiger partial charge in [-0.3, -0.25) is 19.5 Å². The summed E-state index contributed by atoms with van der Waals surface area (Å²) in [6.07, 6.45) is 2.81. The summed E-state index contributed by atoms with van der Waals surface area (Å²) in [6, 6.07) is 12.7. The molecule has 0 atom stereocenters. The average Bonchev–Trinajstić information content (AvgIpc) is 3.34. The number of hydrogen-bond donors (Lipinski definition) is 5. The van der Waals surface area contributed by atoms with Crippen LogP contribution in [0.2, 0.25) is 0 Å². The van der Waals surface area contributed by atoms with Gasteiger partial charge in [0.2, 0.25) is 11.8 Å². The number of nitrogen functional groups attached to an aromatic ring is 1. The molecule has 3 aromatic rings. The van der Waals surface area contributed by atoms with Crippen molar-refractivity contribution >= 4 is 34.8 Å². The highest BCUT2D eigenvalue weighted by Crippen LogP contribution is 2.21. The van der Waals surface area contributed by atoms with Gasteiger partial charge in [0.15, 0.2) is 0 Å². The molecule has 0 aliphatic rings. The van der Waals surface area contributed by atoms with E-state index in [-0.39, 0.29) is 23.4 Å². The fraction of sp³-hybridized carbons (Fsp3) is 0.280. The van der Waals surface area contributed by atoms with Crippen LogP contribution in [0.1, 0.15) is 49.5 Å². The van der Waals surface area contributed by atoms with Crippen LogP contribution in [0.4, 0.5) is 21.5 Å².